The van der Waals surface area contributed by atoms with Crippen LogP contribution in [0.5, 0.6) is 0 Å². The zero-order chi connectivity index (χ0) is 100. The van der Waals surface area contributed by atoms with Gasteiger partial charge in [-0.1, -0.05) is 180 Å². The van der Waals surface area contributed by atoms with E-state index in [4.69, 9.17) is 18.1 Å². The lowest BCUT2D eigenvalue weighted by Gasteiger charge is -2.29. The van der Waals surface area contributed by atoms with Crippen LogP contribution in [0.1, 0.15) is 239 Å². The number of amides is 8. The highest BCUT2D eigenvalue weighted by molar-refractivity contribution is 7.14. The molecule has 738 valence electrons. The van der Waals surface area contributed by atoms with Crippen LogP contribution in [-0.2, 0) is 44.9 Å². The first-order valence-corrected chi connectivity index (χ1v) is 50.9. The minimum atomic E-state index is -0.630. The zero-order valence-electron chi connectivity index (χ0n) is 81.9. The second-order valence-electron chi connectivity index (χ2n) is 38.8. The van der Waals surface area contributed by atoms with E-state index in [1.165, 1.54) is 24.3 Å². The van der Waals surface area contributed by atoms with Gasteiger partial charge in [0.1, 0.15) is 47.8 Å². The maximum Gasteiger partial charge on any atom is 0.280 e. The lowest BCUT2D eigenvalue weighted by molar-refractivity contribution is -0.141. The molecular weight excluding hydrogens is 1850 g/mol. The molecule has 8 N–H and O–H groups in total. The summed E-state index contributed by atoms with van der Waals surface area (Å²) >= 11 is 6.43. The Labute approximate surface area is 823 Å². The number of hydrogen-bond donors (Lipinski definition) is 8. The van der Waals surface area contributed by atoms with E-state index in [1.807, 2.05) is 251 Å². The summed E-state index contributed by atoms with van der Waals surface area (Å²) in [6.45, 7) is 39.6. The van der Waals surface area contributed by atoms with Gasteiger partial charge in [0.25, 0.3) is 22.2 Å². The van der Waals surface area contributed by atoms with Crippen LogP contribution >= 0.6 is 45.3 Å². The molecule has 139 heavy (non-hydrogen) atoms. The molecule has 4 aliphatic rings. The third kappa shape index (κ3) is 24.9. The standard InChI is InChI=1S/3C26H32N4O4S.C25H30N4O4S/c3*1-14(2)23(21-11-22(31)29-34-21)26(33)30-12-15(3)10-20(30)25(32)28-16(4)18-6-8-19(9-7-18)24-17(5)27-13-35-24;1-14(2)22(20-10-21(30)28-33-20)25(32)29-12-15(3)9-19(29)24(31)26-11-17-5-7-18(8-6-17)23-16(4)27-13-34-23/h3*6-9,11,13-16,20,23H,10,12H2,1-5H3,(H,28,32)(H,29,31);5-8,10,13-15,19,22H,9,11-12H2,1-4H3,(H,26,31)(H,28,30)/t15-,16+,20+,23?;15-,16+,20+,23+;15-,16+,20+,23-;15-,19+,22?/m1111/s1. The summed E-state index contributed by atoms with van der Waals surface area (Å²) in [5.41, 5.74) is 18.2. The number of aromatic nitrogens is 8. The van der Waals surface area contributed by atoms with E-state index < -0.39 is 47.8 Å². The predicted octanol–water partition coefficient (Wildman–Crippen LogP) is 16.5. The van der Waals surface area contributed by atoms with Crippen molar-refractivity contribution in [2.24, 2.45) is 47.3 Å². The molecule has 8 amide bonds. The molecule has 0 radical (unpaired) electrons. The number of rotatable bonds is 28. The van der Waals surface area contributed by atoms with Gasteiger partial charge in [-0.15, -0.1) is 45.3 Å². The Bertz CT molecular complexity index is 6020. The topological polar surface area (TPSA) is 433 Å². The van der Waals surface area contributed by atoms with E-state index in [2.05, 4.69) is 61.8 Å². The number of nitrogens with zero attached hydrogens (tertiary/aromatic N) is 8. The first-order chi connectivity index (χ1) is 66.2. The molecule has 0 bridgehead atoms. The van der Waals surface area contributed by atoms with Gasteiger partial charge in [-0.05, 0) is 166 Å². The summed E-state index contributed by atoms with van der Waals surface area (Å²) < 4.78 is 21.1. The van der Waals surface area contributed by atoms with Crippen LogP contribution in [0, 0.1) is 75.0 Å². The Morgan fingerprint density at radius 1 is 0.338 bits per heavy atom. The smallest absolute Gasteiger partial charge is 0.280 e. The van der Waals surface area contributed by atoms with Crippen LogP contribution in [0.15, 0.2) is 181 Å². The van der Waals surface area contributed by atoms with Crippen molar-refractivity contribution in [3.8, 4) is 41.8 Å². The minimum absolute atomic E-state index is 0.0910. The molecule has 12 heterocycles. The summed E-state index contributed by atoms with van der Waals surface area (Å²) in [6.07, 6.45) is 2.38. The quantitative estimate of drug-likeness (QED) is 0.0226. The second-order valence-corrected chi connectivity index (χ2v) is 42.2. The van der Waals surface area contributed by atoms with E-state index in [-0.39, 0.29) is 135 Å². The van der Waals surface area contributed by atoms with Gasteiger partial charge in [0.05, 0.1) is 82.5 Å². The summed E-state index contributed by atoms with van der Waals surface area (Å²) in [6, 6.07) is 34.8. The Morgan fingerprint density at radius 3 is 0.748 bits per heavy atom. The summed E-state index contributed by atoms with van der Waals surface area (Å²) in [4.78, 5) is 182. The SMILES string of the molecule is Cc1ncsc1-c1ccc(CNC(=O)[C@@H]2C[C@@H](C)CN2C(=O)C(c2cc(=O)[nH]o2)C(C)C)cc1.Cc1ncsc1-c1ccc([C@H](C)NC(=O)[C@@H]2C[C@@H](C)CN2C(=O)C(c2cc(=O)[nH]o2)C(C)C)cc1.Cc1ncsc1-c1ccc([C@H](C)NC(=O)[C@@H]2C[C@@H](C)CN2C(=O)[C@@H](c2cc(=O)[nH]o2)C(C)C)cc1.Cc1ncsc1-c1ccc([C@H](C)NC(=O)[C@@H]2C[C@@H](C)CN2C(=O)[C@H](c2cc(=O)[nH]o2)C(C)C)cc1. The fourth-order valence-electron chi connectivity index (χ4n) is 19.0. The number of carbonyl (C=O) groups is 8. The van der Waals surface area contributed by atoms with Crippen molar-refractivity contribution in [1.29, 1.82) is 0 Å². The van der Waals surface area contributed by atoms with Crippen LogP contribution in [0.4, 0.5) is 0 Å². The van der Waals surface area contributed by atoms with E-state index in [0.29, 0.717) is 81.4 Å². The van der Waals surface area contributed by atoms with Crippen LogP contribution < -0.4 is 43.5 Å². The number of H-pyrrole nitrogens is 4. The first kappa shape index (κ1) is 104. The van der Waals surface area contributed by atoms with Crippen LogP contribution in [0.2, 0.25) is 0 Å². The lowest BCUT2D eigenvalue weighted by Crippen LogP contribution is -2.48. The van der Waals surface area contributed by atoms with Gasteiger partial charge in [0, 0.05) is 57.0 Å². The van der Waals surface area contributed by atoms with Gasteiger partial charge >= 0.3 is 0 Å². The maximum atomic E-state index is 13.6. The van der Waals surface area contributed by atoms with E-state index in [1.54, 1.807) is 64.9 Å². The summed E-state index contributed by atoms with van der Waals surface area (Å²) in [5.74, 6) is -2.34. The molecule has 4 aliphatic heterocycles. The van der Waals surface area contributed by atoms with Crippen molar-refractivity contribution in [3.63, 3.8) is 0 Å². The number of carbonyl (C=O) groups excluding carboxylic acids is 8. The molecule has 4 aromatic carbocycles. The molecule has 15 atom stereocenters. The number of aryl methyl sites for hydroxylation is 4. The highest BCUT2D eigenvalue weighted by Crippen LogP contribution is 2.40. The fraction of sp³-hybridized carbons (Fsp3) is 0.456. The molecule has 2 unspecified atom stereocenters. The zero-order valence-corrected chi connectivity index (χ0v) is 85.2. The molecule has 16 rings (SSSR count). The Balaban J connectivity index is 0.000000156. The molecule has 4 fully saturated rings. The van der Waals surface area contributed by atoms with Gasteiger partial charge in [-0.2, -0.15) is 20.6 Å². The van der Waals surface area contributed by atoms with Crippen molar-refractivity contribution in [3.05, 3.63) is 253 Å². The van der Waals surface area contributed by atoms with E-state index in [9.17, 15) is 57.5 Å². The number of aromatic amines is 4. The molecule has 0 spiro atoms. The van der Waals surface area contributed by atoms with Gasteiger partial charge in [0.2, 0.25) is 47.3 Å². The lowest BCUT2D eigenvalue weighted by atomic mass is 9.91. The fourth-order valence-corrected chi connectivity index (χ4v) is 22.2. The molecule has 4 saturated heterocycles. The van der Waals surface area contributed by atoms with E-state index >= 15 is 0 Å². The summed E-state index contributed by atoms with van der Waals surface area (Å²) in [5, 5.41) is 21.4. The normalized spacial score (nSPS) is 19.5. The number of hydrogen-bond acceptors (Lipinski definition) is 24. The van der Waals surface area contributed by atoms with Crippen molar-refractivity contribution in [2.45, 2.75) is 230 Å². The Hall–Kier alpha value is -12.8. The molecule has 36 heteroatoms. The van der Waals surface area contributed by atoms with Gasteiger partial charge in [-0.25, -0.2) is 19.9 Å². The molecule has 32 nitrogen and oxygen atoms in total. The molecule has 0 saturated carbocycles. The van der Waals surface area contributed by atoms with Crippen LogP contribution in [-0.4, -0.2) is 158 Å². The van der Waals surface area contributed by atoms with E-state index in [0.717, 1.165) is 86.8 Å². The van der Waals surface area contributed by atoms with Crippen molar-refractivity contribution in [1.82, 2.24) is 81.4 Å². The number of nitrogens with one attached hydrogen (secondary N) is 8. The minimum Gasteiger partial charge on any atom is -0.383 e. The monoisotopic (exact) mass is 1970 g/mol. The van der Waals surface area contributed by atoms with Gasteiger partial charge in [0.15, 0.2) is 23.0 Å². The number of benzene rings is 4. The Morgan fingerprint density at radius 2 is 0.554 bits per heavy atom. The maximum absolute atomic E-state index is 13.6. The van der Waals surface area contributed by atoms with Gasteiger partial charge < -0.3 is 59.0 Å². The van der Waals surface area contributed by atoms with Crippen LogP contribution in [0.3, 0.4) is 0 Å². The van der Waals surface area contributed by atoms with Crippen molar-refractivity contribution < 1.29 is 56.4 Å². The molecule has 8 aromatic heterocycles. The van der Waals surface area contributed by atoms with Crippen molar-refractivity contribution >= 4 is 92.6 Å². The first-order valence-electron chi connectivity index (χ1n) is 47.4. The van der Waals surface area contributed by atoms with Crippen molar-refractivity contribution in [2.75, 3.05) is 26.2 Å². The largest absolute Gasteiger partial charge is 0.383 e. The average Bonchev–Trinajstić information content (AvgIpc) is 1.67. The predicted molar refractivity (Wildman–Crippen MR) is 535 cm³/mol. The number of likely N-dealkylation sites (tertiary alicyclic amines) is 4. The third-order valence-corrected chi connectivity index (χ3v) is 30.2. The Kier molecular flexibility index (Phi) is 34.2. The third-order valence-electron chi connectivity index (χ3n) is 26.3. The molecule has 12 aromatic rings. The summed E-state index contributed by atoms with van der Waals surface area (Å²) in [7, 11) is 0. The molecular formula is C103H126N16O16S4. The highest BCUT2D eigenvalue weighted by atomic mass is 32.1. The average molecular weight is 1970 g/mol. The second kappa shape index (κ2) is 45.9. The highest BCUT2D eigenvalue weighted by Gasteiger charge is 2.48. The number of thiazole rings is 4. The van der Waals surface area contributed by atoms with Gasteiger partial charge in [-0.3, -0.25) is 57.5 Å². The van der Waals surface area contributed by atoms with Crippen LogP contribution in [0.25, 0.3) is 41.8 Å². The molecule has 0 aliphatic carbocycles.